The molecule has 0 spiro atoms. The maximum absolute atomic E-state index is 10.6. The molecule has 2 amide bonds. The zero-order valence-electron chi connectivity index (χ0n) is 6.89. The quantitative estimate of drug-likeness (QED) is 0.584. The zero-order chi connectivity index (χ0) is 11.6. The molecule has 0 radical (unpaired) electrons. The van der Waals surface area contributed by atoms with Gasteiger partial charge < -0.3 is 10.2 Å². The number of rotatable bonds is 1. The van der Waals surface area contributed by atoms with Gasteiger partial charge in [-0.3, -0.25) is 0 Å². The van der Waals surface area contributed by atoms with E-state index in [4.69, 9.17) is 33.4 Å². The molecule has 0 bridgehead atoms. The van der Waals surface area contributed by atoms with E-state index >= 15 is 0 Å². The molecule has 0 unspecified atom stereocenters. The van der Waals surface area contributed by atoms with Gasteiger partial charge in [0.15, 0.2) is 5.82 Å². The predicted molar refractivity (Wildman–Crippen MR) is 50.6 cm³/mol. The SMILES string of the molecule is O=C(O)N(C(=O)O)c1cc(Cl)nc(Cl)n1. The summed E-state index contributed by atoms with van der Waals surface area (Å²) in [5, 5.41) is 16.7. The van der Waals surface area contributed by atoms with Crippen LogP contribution in [-0.2, 0) is 0 Å². The molecular weight excluding hydrogens is 249 g/mol. The van der Waals surface area contributed by atoms with E-state index in [2.05, 4.69) is 9.97 Å². The molecule has 0 fully saturated rings. The summed E-state index contributed by atoms with van der Waals surface area (Å²) in [6.07, 6.45) is -3.43. The van der Waals surface area contributed by atoms with Crippen LogP contribution in [-0.4, -0.2) is 32.4 Å². The van der Waals surface area contributed by atoms with Crippen molar-refractivity contribution in [2.75, 3.05) is 4.90 Å². The Kier molecular flexibility index (Phi) is 3.28. The molecule has 0 aliphatic carbocycles. The molecule has 0 aliphatic rings. The van der Waals surface area contributed by atoms with Gasteiger partial charge in [-0.2, -0.15) is 9.88 Å². The first-order valence-corrected chi connectivity index (χ1v) is 4.13. The molecule has 0 aromatic carbocycles. The van der Waals surface area contributed by atoms with E-state index in [1.807, 2.05) is 0 Å². The van der Waals surface area contributed by atoms with Crippen LogP contribution < -0.4 is 4.90 Å². The molecular formula is C6H3Cl2N3O4. The first kappa shape index (κ1) is 11.5. The van der Waals surface area contributed by atoms with Crippen molar-refractivity contribution in [3.8, 4) is 0 Å². The number of aromatic nitrogens is 2. The first-order chi connectivity index (χ1) is 6.91. The van der Waals surface area contributed by atoms with Gasteiger partial charge in [-0.05, 0) is 11.6 Å². The predicted octanol–water partition coefficient (Wildman–Crippen LogP) is 1.95. The van der Waals surface area contributed by atoms with Gasteiger partial charge in [0.25, 0.3) is 0 Å². The normalized spacial score (nSPS) is 9.73. The average Bonchev–Trinajstić information content (AvgIpc) is 1.99. The summed E-state index contributed by atoms with van der Waals surface area (Å²) < 4.78 is 0. The minimum atomic E-state index is -1.71. The monoisotopic (exact) mass is 251 g/mol. The number of hydrogen-bond donors (Lipinski definition) is 2. The molecule has 80 valence electrons. The van der Waals surface area contributed by atoms with Gasteiger partial charge in [0.1, 0.15) is 5.15 Å². The summed E-state index contributed by atoms with van der Waals surface area (Å²) in [6, 6.07) is 0.968. The number of carboxylic acid groups (broad SMARTS) is 2. The van der Waals surface area contributed by atoms with Gasteiger partial charge in [-0.15, -0.1) is 0 Å². The molecule has 15 heavy (non-hydrogen) atoms. The number of anilines is 1. The molecule has 7 nitrogen and oxygen atoms in total. The molecule has 2 N–H and O–H groups in total. The van der Waals surface area contributed by atoms with E-state index < -0.39 is 18.0 Å². The van der Waals surface area contributed by atoms with Crippen LogP contribution in [0, 0.1) is 0 Å². The van der Waals surface area contributed by atoms with Crippen molar-refractivity contribution in [1.29, 1.82) is 0 Å². The van der Waals surface area contributed by atoms with Crippen LogP contribution in [0.4, 0.5) is 15.4 Å². The lowest BCUT2D eigenvalue weighted by Crippen LogP contribution is -2.35. The first-order valence-electron chi connectivity index (χ1n) is 3.38. The molecule has 0 aliphatic heterocycles. The van der Waals surface area contributed by atoms with E-state index in [0.717, 1.165) is 6.07 Å². The Morgan fingerprint density at radius 2 is 1.73 bits per heavy atom. The van der Waals surface area contributed by atoms with E-state index in [9.17, 15) is 9.59 Å². The molecule has 0 saturated heterocycles. The number of nitrogens with zero attached hydrogens (tertiary/aromatic N) is 3. The fraction of sp³-hybridized carbons (Fsp3) is 0. The molecule has 1 aromatic rings. The standard InChI is InChI=1S/C6H3Cl2N3O4/c7-2-1-3(10-4(8)9-2)11(5(12)13)6(14)15/h1H,(H,12,13)(H,14,15). The number of amides is 2. The summed E-state index contributed by atoms with van der Waals surface area (Å²) in [5.74, 6) is -0.431. The van der Waals surface area contributed by atoms with E-state index in [0.29, 0.717) is 0 Å². The second-order valence-corrected chi connectivity index (χ2v) is 2.94. The summed E-state index contributed by atoms with van der Waals surface area (Å²) in [4.78, 5) is 28.0. The van der Waals surface area contributed by atoms with Crippen LogP contribution in [0.1, 0.15) is 0 Å². The van der Waals surface area contributed by atoms with Gasteiger partial charge >= 0.3 is 12.2 Å². The van der Waals surface area contributed by atoms with Gasteiger partial charge in [-0.25, -0.2) is 14.6 Å². The Balaban J connectivity index is 3.22. The molecule has 1 heterocycles. The molecule has 9 heteroatoms. The van der Waals surface area contributed by atoms with Crippen LogP contribution in [0.15, 0.2) is 6.07 Å². The lowest BCUT2D eigenvalue weighted by molar-refractivity contribution is 0.184. The maximum Gasteiger partial charge on any atom is 0.422 e. The van der Waals surface area contributed by atoms with E-state index in [-0.39, 0.29) is 15.3 Å². The molecule has 0 atom stereocenters. The maximum atomic E-state index is 10.6. The van der Waals surface area contributed by atoms with Crippen molar-refractivity contribution in [2.45, 2.75) is 0 Å². The zero-order valence-corrected chi connectivity index (χ0v) is 8.40. The summed E-state index contributed by atoms with van der Waals surface area (Å²) in [7, 11) is 0. The fourth-order valence-corrected chi connectivity index (χ4v) is 1.17. The minimum absolute atomic E-state index is 0.0283. The highest BCUT2D eigenvalue weighted by Gasteiger charge is 2.24. The third-order valence-corrected chi connectivity index (χ3v) is 1.63. The Morgan fingerprint density at radius 3 is 2.13 bits per heavy atom. The van der Waals surface area contributed by atoms with Crippen LogP contribution in [0.25, 0.3) is 0 Å². The van der Waals surface area contributed by atoms with E-state index in [1.54, 1.807) is 0 Å². The minimum Gasteiger partial charge on any atom is -0.464 e. The van der Waals surface area contributed by atoms with Gasteiger partial charge in [0.2, 0.25) is 5.28 Å². The number of halogens is 2. The summed E-state index contributed by atoms with van der Waals surface area (Å²) >= 11 is 10.8. The van der Waals surface area contributed by atoms with Crippen molar-refractivity contribution in [1.82, 2.24) is 9.97 Å². The van der Waals surface area contributed by atoms with Gasteiger partial charge in [0.05, 0.1) is 0 Å². The van der Waals surface area contributed by atoms with Gasteiger partial charge in [-0.1, -0.05) is 11.6 Å². The molecule has 1 aromatic heterocycles. The summed E-state index contributed by atoms with van der Waals surface area (Å²) in [6.45, 7) is 0. The van der Waals surface area contributed by atoms with Crippen LogP contribution in [0.5, 0.6) is 0 Å². The van der Waals surface area contributed by atoms with Crippen LogP contribution in [0.3, 0.4) is 0 Å². The van der Waals surface area contributed by atoms with Crippen molar-refractivity contribution in [3.63, 3.8) is 0 Å². The Morgan fingerprint density at radius 1 is 1.20 bits per heavy atom. The fourth-order valence-electron chi connectivity index (χ4n) is 0.771. The Labute approximate surface area is 92.9 Å². The van der Waals surface area contributed by atoms with Crippen molar-refractivity contribution >= 4 is 41.2 Å². The largest absolute Gasteiger partial charge is 0.464 e. The van der Waals surface area contributed by atoms with Crippen molar-refractivity contribution < 1.29 is 19.8 Å². The topological polar surface area (TPSA) is 104 Å². The third-order valence-electron chi connectivity index (χ3n) is 1.27. The Bertz CT molecular complexity index is 391. The second kappa shape index (κ2) is 4.28. The Hall–Kier alpha value is -1.60. The second-order valence-electron chi connectivity index (χ2n) is 2.22. The smallest absolute Gasteiger partial charge is 0.422 e. The van der Waals surface area contributed by atoms with Crippen molar-refractivity contribution in [2.24, 2.45) is 0 Å². The average molecular weight is 252 g/mol. The molecule has 0 saturated carbocycles. The third kappa shape index (κ3) is 2.67. The number of imide groups is 1. The highest BCUT2D eigenvalue weighted by atomic mass is 35.5. The molecule has 1 rings (SSSR count). The van der Waals surface area contributed by atoms with E-state index in [1.165, 1.54) is 0 Å². The lowest BCUT2D eigenvalue weighted by atomic mass is 10.5. The number of hydrogen-bond acceptors (Lipinski definition) is 4. The number of carbonyl (C=O) groups is 2. The highest BCUT2D eigenvalue weighted by Crippen LogP contribution is 2.18. The van der Waals surface area contributed by atoms with Crippen molar-refractivity contribution in [3.05, 3.63) is 16.5 Å². The van der Waals surface area contributed by atoms with Gasteiger partial charge in [0, 0.05) is 6.07 Å². The summed E-state index contributed by atoms with van der Waals surface area (Å²) in [5.41, 5.74) is 0. The lowest BCUT2D eigenvalue weighted by Gasteiger charge is -2.11. The van der Waals surface area contributed by atoms with Crippen LogP contribution >= 0.6 is 23.2 Å². The highest BCUT2D eigenvalue weighted by molar-refractivity contribution is 6.32. The van der Waals surface area contributed by atoms with Crippen LogP contribution in [0.2, 0.25) is 10.4 Å².